The highest BCUT2D eigenvalue weighted by Crippen LogP contribution is 2.43. The maximum absolute atomic E-state index is 12.5. The molecule has 1 fully saturated rings. The van der Waals surface area contributed by atoms with Crippen LogP contribution in [0.25, 0.3) is 0 Å². The Kier molecular flexibility index (Phi) is 2.84. The first-order valence-electron chi connectivity index (χ1n) is 6.56. The molecule has 0 saturated heterocycles. The predicted octanol–water partition coefficient (Wildman–Crippen LogP) is 2.24. The fraction of sp³-hybridized carbons (Fsp3) is 0.571. The molecular weight excluding hydrogens is 264 g/mol. The number of pyridine rings is 1. The van der Waals surface area contributed by atoms with Crippen molar-refractivity contribution in [1.82, 2.24) is 9.88 Å². The zero-order valence-electron chi connectivity index (χ0n) is 11.1. The van der Waals surface area contributed by atoms with Crippen molar-refractivity contribution in [2.24, 2.45) is 5.92 Å². The summed E-state index contributed by atoms with van der Waals surface area (Å²) in [5.41, 5.74) is 0.303. The normalized spacial score (nSPS) is 20.6. The Morgan fingerprint density at radius 3 is 2.74 bits per heavy atom. The summed E-state index contributed by atoms with van der Waals surface area (Å²) in [6, 6.07) is 1.48. The second-order valence-electron chi connectivity index (χ2n) is 5.98. The number of hydrogen-bond acceptors (Lipinski definition) is 3. The molecule has 1 aliphatic heterocycles. The summed E-state index contributed by atoms with van der Waals surface area (Å²) in [4.78, 5) is 18.5. The van der Waals surface area contributed by atoms with Crippen molar-refractivity contribution in [2.45, 2.75) is 44.9 Å². The molecule has 1 aromatic heterocycles. The third-order valence-corrected chi connectivity index (χ3v) is 4.22. The molecular formula is C14H17ClN2O2. The lowest BCUT2D eigenvalue weighted by Gasteiger charge is -2.37. The molecule has 1 N–H and O–H groups in total. The number of aromatic nitrogens is 1. The highest BCUT2D eigenvalue weighted by molar-refractivity contribution is 6.34. The number of rotatable bonds is 3. The summed E-state index contributed by atoms with van der Waals surface area (Å²) in [7, 11) is 0. The van der Waals surface area contributed by atoms with Gasteiger partial charge in [0.2, 0.25) is 0 Å². The van der Waals surface area contributed by atoms with E-state index in [0.29, 0.717) is 28.7 Å². The van der Waals surface area contributed by atoms with E-state index in [-0.39, 0.29) is 11.9 Å². The van der Waals surface area contributed by atoms with Gasteiger partial charge in [-0.3, -0.25) is 9.78 Å². The van der Waals surface area contributed by atoms with Gasteiger partial charge in [0.05, 0.1) is 34.5 Å². The molecule has 1 atom stereocenters. The molecule has 0 aromatic carbocycles. The van der Waals surface area contributed by atoms with E-state index in [1.807, 2.05) is 0 Å². The van der Waals surface area contributed by atoms with E-state index in [1.54, 1.807) is 31.0 Å². The highest BCUT2D eigenvalue weighted by Gasteiger charge is 2.48. The van der Waals surface area contributed by atoms with Crippen molar-refractivity contribution in [1.29, 1.82) is 0 Å². The van der Waals surface area contributed by atoms with Crippen molar-refractivity contribution in [3.63, 3.8) is 0 Å². The number of nitrogens with zero attached hydrogens (tertiary/aromatic N) is 2. The zero-order chi connectivity index (χ0) is 13.8. The topological polar surface area (TPSA) is 53.4 Å². The summed E-state index contributed by atoms with van der Waals surface area (Å²) >= 11 is 6.09. The fourth-order valence-electron chi connectivity index (χ4n) is 3.05. The Labute approximate surface area is 117 Å². The van der Waals surface area contributed by atoms with E-state index in [0.717, 1.165) is 12.8 Å². The van der Waals surface area contributed by atoms with Gasteiger partial charge in [0.1, 0.15) is 0 Å². The average molecular weight is 281 g/mol. The van der Waals surface area contributed by atoms with Crippen molar-refractivity contribution in [3.05, 3.63) is 28.5 Å². The zero-order valence-corrected chi connectivity index (χ0v) is 11.8. The third-order valence-electron chi connectivity index (χ3n) is 3.90. The largest absolute Gasteiger partial charge is 0.388 e. The van der Waals surface area contributed by atoms with Gasteiger partial charge in [-0.15, -0.1) is 0 Å². The van der Waals surface area contributed by atoms with Crippen LogP contribution in [0, 0.1) is 5.92 Å². The second-order valence-corrected chi connectivity index (χ2v) is 6.39. The molecule has 1 amide bonds. The lowest BCUT2D eigenvalue weighted by molar-refractivity contribution is -0.0225. The lowest BCUT2D eigenvalue weighted by Crippen LogP contribution is -2.51. The van der Waals surface area contributed by atoms with Gasteiger partial charge in [-0.1, -0.05) is 11.6 Å². The Morgan fingerprint density at radius 2 is 2.21 bits per heavy atom. The number of fused-ring (bicyclic) bond motifs is 1. The molecule has 1 saturated carbocycles. The molecule has 1 aliphatic carbocycles. The van der Waals surface area contributed by atoms with Gasteiger partial charge in [0.25, 0.3) is 5.91 Å². The number of carbonyl (C=O) groups excluding carboxylic acids is 1. The summed E-state index contributed by atoms with van der Waals surface area (Å²) in [6.07, 6.45) is 3.75. The van der Waals surface area contributed by atoms with Crippen LogP contribution < -0.4 is 0 Å². The van der Waals surface area contributed by atoms with Crippen LogP contribution in [-0.4, -0.2) is 32.5 Å². The lowest BCUT2D eigenvalue weighted by atomic mass is 9.93. The van der Waals surface area contributed by atoms with Gasteiger partial charge in [0, 0.05) is 6.20 Å². The van der Waals surface area contributed by atoms with E-state index in [2.05, 4.69) is 4.98 Å². The van der Waals surface area contributed by atoms with Gasteiger partial charge >= 0.3 is 0 Å². The standard InChI is InChI=1S/C14H17ClN2O2/c1-14(2,19)12(8-3-4-8)17-7-10-11(13(17)18)9(15)5-6-16-10/h5-6,8,12,19H,3-4,7H2,1-2H3/t12-/m0/s1. The van der Waals surface area contributed by atoms with Gasteiger partial charge in [-0.2, -0.15) is 0 Å². The van der Waals surface area contributed by atoms with Crippen LogP contribution in [0.3, 0.4) is 0 Å². The number of carbonyl (C=O) groups is 1. The molecule has 3 rings (SSSR count). The summed E-state index contributed by atoms with van der Waals surface area (Å²) in [5, 5.41) is 10.8. The maximum atomic E-state index is 12.5. The van der Waals surface area contributed by atoms with E-state index >= 15 is 0 Å². The van der Waals surface area contributed by atoms with E-state index < -0.39 is 5.60 Å². The number of amides is 1. The van der Waals surface area contributed by atoms with Crippen LogP contribution in [0.4, 0.5) is 0 Å². The van der Waals surface area contributed by atoms with Crippen LogP contribution >= 0.6 is 11.6 Å². The van der Waals surface area contributed by atoms with Crippen LogP contribution in [0.1, 0.15) is 42.7 Å². The SMILES string of the molecule is CC(C)(O)[C@H](C1CC1)N1Cc2nccc(Cl)c2C1=O. The highest BCUT2D eigenvalue weighted by atomic mass is 35.5. The molecule has 2 aliphatic rings. The summed E-state index contributed by atoms with van der Waals surface area (Å²) in [6.45, 7) is 3.97. The quantitative estimate of drug-likeness (QED) is 0.924. The van der Waals surface area contributed by atoms with E-state index in [9.17, 15) is 9.90 Å². The minimum Gasteiger partial charge on any atom is -0.388 e. The fourth-order valence-corrected chi connectivity index (χ4v) is 3.30. The molecule has 102 valence electrons. The molecule has 4 nitrogen and oxygen atoms in total. The van der Waals surface area contributed by atoms with Crippen LogP contribution in [0.2, 0.25) is 5.02 Å². The second kappa shape index (κ2) is 4.18. The minimum atomic E-state index is -0.911. The molecule has 0 radical (unpaired) electrons. The monoisotopic (exact) mass is 280 g/mol. The number of hydrogen-bond donors (Lipinski definition) is 1. The van der Waals surface area contributed by atoms with Gasteiger partial charge in [-0.25, -0.2) is 0 Å². The van der Waals surface area contributed by atoms with Gasteiger partial charge in [0.15, 0.2) is 0 Å². The van der Waals surface area contributed by atoms with Crippen LogP contribution in [0.5, 0.6) is 0 Å². The molecule has 0 bridgehead atoms. The molecule has 0 unspecified atom stereocenters. The molecule has 1 aromatic rings. The maximum Gasteiger partial charge on any atom is 0.258 e. The molecule has 5 heteroatoms. The Hall–Kier alpha value is -1.13. The van der Waals surface area contributed by atoms with Crippen molar-refractivity contribution in [2.75, 3.05) is 0 Å². The number of aliphatic hydroxyl groups is 1. The van der Waals surface area contributed by atoms with Crippen LogP contribution in [0.15, 0.2) is 12.3 Å². The minimum absolute atomic E-state index is 0.105. The Bertz CT molecular complexity index is 535. The van der Waals surface area contributed by atoms with E-state index in [1.165, 1.54) is 0 Å². The molecule has 2 heterocycles. The first-order chi connectivity index (χ1) is 8.89. The van der Waals surface area contributed by atoms with Crippen molar-refractivity contribution < 1.29 is 9.90 Å². The smallest absolute Gasteiger partial charge is 0.258 e. The van der Waals surface area contributed by atoms with Crippen molar-refractivity contribution >= 4 is 17.5 Å². The average Bonchev–Trinajstić information content (AvgIpc) is 3.04. The van der Waals surface area contributed by atoms with Crippen LogP contribution in [-0.2, 0) is 6.54 Å². The van der Waals surface area contributed by atoms with Gasteiger partial charge < -0.3 is 10.0 Å². The third kappa shape index (κ3) is 2.13. The number of halogens is 1. The molecule has 0 spiro atoms. The van der Waals surface area contributed by atoms with Crippen molar-refractivity contribution in [3.8, 4) is 0 Å². The molecule has 19 heavy (non-hydrogen) atoms. The first kappa shape index (κ1) is 12.9. The summed E-state index contributed by atoms with van der Waals surface area (Å²) in [5.74, 6) is 0.282. The Morgan fingerprint density at radius 1 is 1.53 bits per heavy atom. The Balaban J connectivity index is 1.97. The predicted molar refractivity (Wildman–Crippen MR) is 71.9 cm³/mol. The first-order valence-corrected chi connectivity index (χ1v) is 6.94. The van der Waals surface area contributed by atoms with Gasteiger partial charge in [-0.05, 0) is 38.7 Å². The van der Waals surface area contributed by atoms with E-state index in [4.69, 9.17) is 11.6 Å². The summed E-state index contributed by atoms with van der Waals surface area (Å²) < 4.78 is 0.